The number of hydrogen-bond acceptors (Lipinski definition) is 5. The molecule has 0 atom stereocenters. The fraction of sp³-hybridized carbons (Fsp3) is 0.550. The second-order valence-electron chi connectivity index (χ2n) is 7.29. The summed E-state index contributed by atoms with van der Waals surface area (Å²) in [6.45, 7) is 4.05. The summed E-state index contributed by atoms with van der Waals surface area (Å²) in [4.78, 5) is 15.3. The van der Waals surface area contributed by atoms with Gasteiger partial charge in [-0.05, 0) is 62.4 Å². The largest absolute Gasteiger partial charge is 0.477 e. The molecule has 1 saturated heterocycles. The Bertz CT molecular complexity index is 666. The molecule has 132 valence electrons. The maximum Gasteiger partial charge on any atom is 0.216 e. The Labute approximate surface area is 149 Å². The lowest BCUT2D eigenvalue weighted by molar-refractivity contribution is 0.134. The van der Waals surface area contributed by atoms with Crippen molar-refractivity contribution in [1.82, 2.24) is 19.9 Å². The molecular weight excluding hydrogens is 312 g/mol. The minimum absolute atomic E-state index is 0.621. The fourth-order valence-corrected chi connectivity index (χ4v) is 3.62. The van der Waals surface area contributed by atoms with E-state index in [4.69, 9.17) is 4.74 Å². The minimum Gasteiger partial charge on any atom is -0.477 e. The van der Waals surface area contributed by atoms with Gasteiger partial charge in [0.2, 0.25) is 5.88 Å². The molecule has 2 aromatic heterocycles. The second-order valence-corrected chi connectivity index (χ2v) is 7.29. The molecule has 2 aliphatic rings. The summed E-state index contributed by atoms with van der Waals surface area (Å²) in [5.74, 6) is 1.99. The molecule has 3 heterocycles. The van der Waals surface area contributed by atoms with Gasteiger partial charge in [-0.15, -0.1) is 0 Å². The van der Waals surface area contributed by atoms with Crippen LogP contribution in [0.4, 0.5) is 0 Å². The highest BCUT2D eigenvalue weighted by Crippen LogP contribution is 2.35. The van der Waals surface area contributed by atoms with Crippen molar-refractivity contribution in [3.05, 3.63) is 48.2 Å². The van der Waals surface area contributed by atoms with Crippen molar-refractivity contribution in [2.45, 2.75) is 44.6 Å². The lowest BCUT2D eigenvalue weighted by Crippen LogP contribution is -2.35. The molecule has 0 spiro atoms. The monoisotopic (exact) mass is 338 g/mol. The van der Waals surface area contributed by atoms with Crippen LogP contribution in [-0.4, -0.2) is 39.5 Å². The van der Waals surface area contributed by atoms with Gasteiger partial charge in [0.15, 0.2) is 0 Å². The molecule has 5 heteroatoms. The van der Waals surface area contributed by atoms with Gasteiger partial charge in [0.05, 0.1) is 12.3 Å². The van der Waals surface area contributed by atoms with E-state index < -0.39 is 0 Å². The van der Waals surface area contributed by atoms with Crippen LogP contribution in [0, 0.1) is 5.92 Å². The molecule has 1 aliphatic heterocycles. The van der Waals surface area contributed by atoms with Gasteiger partial charge >= 0.3 is 0 Å². The quantitative estimate of drug-likeness (QED) is 0.808. The zero-order valence-corrected chi connectivity index (χ0v) is 14.7. The number of aromatic nitrogens is 3. The third-order valence-corrected chi connectivity index (χ3v) is 5.52. The first-order valence-corrected chi connectivity index (χ1v) is 9.43. The van der Waals surface area contributed by atoms with Gasteiger partial charge in [0.1, 0.15) is 6.33 Å². The van der Waals surface area contributed by atoms with Crippen LogP contribution >= 0.6 is 0 Å². The van der Waals surface area contributed by atoms with Crippen molar-refractivity contribution >= 4 is 0 Å². The Hall–Kier alpha value is -2.01. The second kappa shape index (κ2) is 7.91. The SMILES string of the molecule is c1cc(CN2CCC(COc3cc(C4CCC4)ncn3)CC2)ccn1. The number of ether oxygens (including phenoxy) is 1. The van der Waals surface area contributed by atoms with E-state index in [1.165, 1.54) is 37.7 Å². The molecule has 1 aliphatic carbocycles. The first-order chi connectivity index (χ1) is 12.4. The first kappa shape index (κ1) is 16.5. The van der Waals surface area contributed by atoms with Gasteiger partial charge in [-0.2, -0.15) is 0 Å². The average molecular weight is 338 g/mol. The molecule has 0 radical (unpaired) electrons. The molecule has 0 aromatic carbocycles. The van der Waals surface area contributed by atoms with Crippen LogP contribution in [0.2, 0.25) is 0 Å². The van der Waals surface area contributed by atoms with Crippen LogP contribution in [0.15, 0.2) is 36.9 Å². The van der Waals surface area contributed by atoms with Crippen molar-refractivity contribution in [2.24, 2.45) is 5.92 Å². The number of nitrogens with zero attached hydrogens (tertiary/aromatic N) is 4. The molecule has 25 heavy (non-hydrogen) atoms. The molecule has 4 rings (SSSR count). The molecule has 2 aromatic rings. The standard InChI is InChI=1S/C20H26N4O/c1-2-18(3-1)19-12-20(23-15-22-19)25-14-17-6-10-24(11-7-17)13-16-4-8-21-9-5-16/h4-5,8-9,12,15,17-18H,1-3,6-7,10-11,13-14H2. The van der Waals surface area contributed by atoms with Crippen LogP contribution in [0.1, 0.15) is 49.3 Å². The molecule has 0 unspecified atom stereocenters. The summed E-state index contributed by atoms with van der Waals surface area (Å²) in [6.07, 6.45) is 11.6. The predicted octanol–water partition coefficient (Wildman–Crippen LogP) is 3.43. The van der Waals surface area contributed by atoms with Crippen LogP contribution in [0.3, 0.4) is 0 Å². The van der Waals surface area contributed by atoms with E-state index in [2.05, 4.69) is 32.0 Å². The number of pyridine rings is 1. The van der Waals surface area contributed by atoms with E-state index in [-0.39, 0.29) is 0 Å². The van der Waals surface area contributed by atoms with Gasteiger partial charge in [-0.1, -0.05) is 6.42 Å². The lowest BCUT2D eigenvalue weighted by atomic mass is 9.83. The zero-order valence-electron chi connectivity index (χ0n) is 14.7. The highest BCUT2D eigenvalue weighted by atomic mass is 16.5. The van der Waals surface area contributed by atoms with Crippen LogP contribution in [0.5, 0.6) is 5.88 Å². The summed E-state index contributed by atoms with van der Waals surface area (Å²) < 4.78 is 5.98. The zero-order chi connectivity index (χ0) is 16.9. The first-order valence-electron chi connectivity index (χ1n) is 9.43. The highest BCUT2D eigenvalue weighted by molar-refractivity contribution is 5.18. The van der Waals surface area contributed by atoms with Crippen LogP contribution in [-0.2, 0) is 6.54 Å². The Morgan fingerprint density at radius 3 is 2.56 bits per heavy atom. The van der Waals surface area contributed by atoms with E-state index >= 15 is 0 Å². The highest BCUT2D eigenvalue weighted by Gasteiger charge is 2.22. The van der Waals surface area contributed by atoms with Gasteiger partial charge < -0.3 is 4.74 Å². The molecule has 0 bridgehead atoms. The maximum atomic E-state index is 5.98. The number of likely N-dealkylation sites (tertiary alicyclic amines) is 1. The van der Waals surface area contributed by atoms with Crippen LogP contribution in [0.25, 0.3) is 0 Å². The average Bonchev–Trinajstić information content (AvgIpc) is 2.61. The molecule has 5 nitrogen and oxygen atoms in total. The van der Waals surface area contributed by atoms with E-state index in [0.29, 0.717) is 11.8 Å². The van der Waals surface area contributed by atoms with Gasteiger partial charge in [0, 0.05) is 30.9 Å². The van der Waals surface area contributed by atoms with Gasteiger partial charge in [0.25, 0.3) is 0 Å². The van der Waals surface area contributed by atoms with Crippen molar-refractivity contribution in [3.8, 4) is 5.88 Å². The van der Waals surface area contributed by atoms with E-state index in [9.17, 15) is 0 Å². The summed E-state index contributed by atoms with van der Waals surface area (Å²) in [6, 6.07) is 6.25. The Morgan fingerprint density at radius 1 is 1.04 bits per heavy atom. The van der Waals surface area contributed by atoms with Gasteiger partial charge in [-0.3, -0.25) is 9.88 Å². The molecule has 0 N–H and O–H groups in total. The molecule has 1 saturated carbocycles. The smallest absolute Gasteiger partial charge is 0.216 e. The lowest BCUT2D eigenvalue weighted by Gasteiger charge is -2.31. The van der Waals surface area contributed by atoms with Crippen molar-refractivity contribution in [2.75, 3.05) is 19.7 Å². The number of piperidine rings is 1. The summed E-state index contributed by atoms with van der Waals surface area (Å²) in [5, 5.41) is 0. The number of rotatable bonds is 6. The van der Waals surface area contributed by atoms with Crippen molar-refractivity contribution in [1.29, 1.82) is 0 Å². The Kier molecular flexibility index (Phi) is 5.21. The molecule has 2 fully saturated rings. The summed E-state index contributed by atoms with van der Waals surface area (Å²) in [5.41, 5.74) is 2.50. The van der Waals surface area contributed by atoms with Crippen molar-refractivity contribution in [3.63, 3.8) is 0 Å². The fourth-order valence-electron chi connectivity index (χ4n) is 3.62. The third kappa shape index (κ3) is 4.34. The molecule has 0 amide bonds. The topological polar surface area (TPSA) is 51.1 Å². The Morgan fingerprint density at radius 2 is 1.84 bits per heavy atom. The minimum atomic E-state index is 0.621. The van der Waals surface area contributed by atoms with Crippen molar-refractivity contribution < 1.29 is 4.74 Å². The third-order valence-electron chi connectivity index (χ3n) is 5.52. The van der Waals surface area contributed by atoms with E-state index in [1.54, 1.807) is 6.33 Å². The predicted molar refractivity (Wildman–Crippen MR) is 96.4 cm³/mol. The Balaban J connectivity index is 1.22. The summed E-state index contributed by atoms with van der Waals surface area (Å²) in [7, 11) is 0. The van der Waals surface area contributed by atoms with E-state index in [0.717, 1.165) is 37.8 Å². The number of hydrogen-bond donors (Lipinski definition) is 0. The van der Waals surface area contributed by atoms with Gasteiger partial charge in [-0.25, -0.2) is 9.97 Å². The summed E-state index contributed by atoms with van der Waals surface area (Å²) >= 11 is 0. The maximum absolute atomic E-state index is 5.98. The normalized spacial score (nSPS) is 19.5. The molecular formula is C20H26N4O. The van der Waals surface area contributed by atoms with Crippen LogP contribution < -0.4 is 4.74 Å². The van der Waals surface area contributed by atoms with E-state index in [1.807, 2.05) is 18.5 Å².